The molecule has 0 N–H and O–H groups in total. The quantitative estimate of drug-likeness (QED) is 0.427. The first kappa shape index (κ1) is 18.7. The molecule has 0 unspecified atom stereocenters. The third-order valence-electron chi connectivity index (χ3n) is 6.24. The molecule has 31 heavy (non-hydrogen) atoms. The highest BCUT2D eigenvalue weighted by atomic mass is 35.5. The number of fused-ring (bicyclic) bond motifs is 4. The third kappa shape index (κ3) is 2.99. The Morgan fingerprint density at radius 2 is 1.84 bits per heavy atom. The number of rotatable bonds is 4. The summed E-state index contributed by atoms with van der Waals surface area (Å²) >= 11 is 5.94. The molecule has 2 fully saturated rings. The van der Waals surface area contributed by atoms with Crippen LogP contribution in [0.3, 0.4) is 0 Å². The summed E-state index contributed by atoms with van der Waals surface area (Å²) in [5.41, 5.74) is 1.91. The summed E-state index contributed by atoms with van der Waals surface area (Å²) in [6, 6.07) is 21.3. The molecule has 5 nitrogen and oxygen atoms in total. The van der Waals surface area contributed by atoms with Crippen molar-refractivity contribution in [3.63, 3.8) is 0 Å². The summed E-state index contributed by atoms with van der Waals surface area (Å²) in [5.74, 6) is 0.845. The molecule has 1 amide bonds. The third-order valence-corrected chi connectivity index (χ3v) is 6.49. The fourth-order valence-electron chi connectivity index (χ4n) is 4.78. The van der Waals surface area contributed by atoms with E-state index in [0.29, 0.717) is 31.0 Å². The maximum atomic E-state index is 12.7. The van der Waals surface area contributed by atoms with Crippen molar-refractivity contribution < 1.29 is 18.7 Å². The van der Waals surface area contributed by atoms with Gasteiger partial charge in [-0.05, 0) is 42.5 Å². The Kier molecular flexibility index (Phi) is 4.23. The zero-order chi connectivity index (χ0) is 21.0. The fourth-order valence-corrected chi connectivity index (χ4v) is 4.91. The molecule has 0 radical (unpaired) electrons. The molecule has 2 saturated heterocycles. The van der Waals surface area contributed by atoms with Gasteiger partial charge in [-0.1, -0.05) is 35.9 Å². The van der Waals surface area contributed by atoms with Crippen LogP contribution in [0.15, 0.2) is 71.1 Å². The van der Waals surface area contributed by atoms with Crippen LogP contribution in [0.1, 0.15) is 18.4 Å². The lowest BCUT2D eigenvalue weighted by molar-refractivity contribution is -0.140. The standard InChI is InChI=1S/C25H20ClNO4/c26-17-6-8-18(9-7-17)29-15-19-14-27-24(28)11-12-25(27,31-19)16-5-10-23-21(13-16)20-3-1-2-4-22(20)30-23/h1-10,13,19H,11-12,14-15H2/t19-,25-/m1/s1. The van der Waals surface area contributed by atoms with Crippen molar-refractivity contribution in [2.24, 2.45) is 0 Å². The molecular formula is C25H20ClNO4. The van der Waals surface area contributed by atoms with Gasteiger partial charge in [0, 0.05) is 34.2 Å². The summed E-state index contributed by atoms with van der Waals surface area (Å²) in [6.07, 6.45) is 0.899. The highest BCUT2D eigenvalue weighted by Gasteiger charge is 2.54. The van der Waals surface area contributed by atoms with Crippen molar-refractivity contribution in [3.05, 3.63) is 77.3 Å². The first-order valence-electron chi connectivity index (χ1n) is 10.4. The van der Waals surface area contributed by atoms with Crippen LogP contribution in [0.25, 0.3) is 21.9 Å². The van der Waals surface area contributed by atoms with Crippen molar-refractivity contribution in [1.29, 1.82) is 0 Å². The second kappa shape index (κ2) is 7.01. The normalized spacial score (nSPS) is 23.1. The summed E-state index contributed by atoms with van der Waals surface area (Å²) in [5, 5.41) is 2.76. The number of para-hydroxylation sites is 1. The van der Waals surface area contributed by atoms with Crippen molar-refractivity contribution in [2.75, 3.05) is 13.2 Å². The van der Waals surface area contributed by atoms with Crippen molar-refractivity contribution >= 4 is 39.4 Å². The molecule has 0 aliphatic carbocycles. The Morgan fingerprint density at radius 1 is 1.03 bits per heavy atom. The van der Waals surface area contributed by atoms with E-state index in [0.717, 1.165) is 33.3 Å². The van der Waals surface area contributed by atoms with Gasteiger partial charge in [-0.15, -0.1) is 0 Å². The minimum atomic E-state index is -0.752. The Balaban J connectivity index is 1.32. The van der Waals surface area contributed by atoms with Crippen LogP contribution >= 0.6 is 11.6 Å². The summed E-state index contributed by atoms with van der Waals surface area (Å²) in [7, 11) is 0. The minimum absolute atomic E-state index is 0.117. The van der Waals surface area contributed by atoms with E-state index in [-0.39, 0.29) is 12.0 Å². The minimum Gasteiger partial charge on any atom is -0.491 e. The number of carbonyl (C=O) groups is 1. The molecule has 156 valence electrons. The fraction of sp³-hybridized carbons (Fsp3) is 0.240. The molecular weight excluding hydrogens is 414 g/mol. The number of hydrogen-bond acceptors (Lipinski definition) is 4. The predicted molar refractivity (Wildman–Crippen MR) is 118 cm³/mol. The van der Waals surface area contributed by atoms with Crippen molar-refractivity contribution in [2.45, 2.75) is 24.7 Å². The van der Waals surface area contributed by atoms with Gasteiger partial charge >= 0.3 is 0 Å². The van der Waals surface area contributed by atoms with E-state index in [1.807, 2.05) is 47.4 Å². The first-order valence-corrected chi connectivity index (χ1v) is 10.8. The topological polar surface area (TPSA) is 51.9 Å². The van der Waals surface area contributed by atoms with Gasteiger partial charge in [-0.3, -0.25) is 4.79 Å². The number of nitrogens with zero attached hydrogens (tertiary/aromatic N) is 1. The number of hydrogen-bond donors (Lipinski definition) is 0. The average molecular weight is 434 g/mol. The highest BCUT2D eigenvalue weighted by Crippen LogP contribution is 2.47. The molecule has 1 aromatic heterocycles. The Morgan fingerprint density at radius 3 is 2.71 bits per heavy atom. The van der Waals surface area contributed by atoms with Gasteiger partial charge in [0.2, 0.25) is 5.91 Å². The Labute approximate surface area is 184 Å². The molecule has 4 aromatic rings. The predicted octanol–water partition coefficient (Wildman–Crippen LogP) is 5.49. The molecule has 6 heteroatoms. The number of amides is 1. The van der Waals surface area contributed by atoms with Crippen LogP contribution in [0.5, 0.6) is 5.75 Å². The molecule has 2 atom stereocenters. The van der Waals surface area contributed by atoms with Crippen LogP contribution in [-0.4, -0.2) is 30.1 Å². The van der Waals surface area contributed by atoms with E-state index in [4.69, 9.17) is 25.5 Å². The van der Waals surface area contributed by atoms with Gasteiger partial charge < -0.3 is 18.8 Å². The SMILES string of the molecule is O=C1CC[C@]2(c3ccc4oc5ccccc5c4c3)O[C@@H](COc3ccc(Cl)cc3)CN12. The van der Waals surface area contributed by atoms with Gasteiger partial charge in [-0.25, -0.2) is 0 Å². The average Bonchev–Trinajstić information content (AvgIpc) is 3.44. The smallest absolute Gasteiger partial charge is 0.225 e. The van der Waals surface area contributed by atoms with E-state index in [1.165, 1.54) is 0 Å². The number of carbonyl (C=O) groups excluding carboxylic acids is 1. The van der Waals surface area contributed by atoms with Crippen LogP contribution < -0.4 is 4.74 Å². The molecule has 3 heterocycles. The number of benzene rings is 3. The largest absolute Gasteiger partial charge is 0.491 e. The van der Waals surface area contributed by atoms with Crippen molar-refractivity contribution in [1.82, 2.24) is 4.90 Å². The van der Waals surface area contributed by atoms with Crippen LogP contribution in [-0.2, 0) is 15.3 Å². The lowest BCUT2D eigenvalue weighted by atomic mass is 9.98. The highest BCUT2D eigenvalue weighted by molar-refractivity contribution is 6.30. The van der Waals surface area contributed by atoms with Gasteiger partial charge in [0.1, 0.15) is 29.6 Å². The first-order chi connectivity index (χ1) is 15.1. The van der Waals surface area contributed by atoms with Gasteiger partial charge in [0.05, 0.1) is 6.54 Å². The zero-order valence-corrected chi connectivity index (χ0v) is 17.5. The molecule has 3 aromatic carbocycles. The van der Waals surface area contributed by atoms with Crippen LogP contribution in [0.2, 0.25) is 5.02 Å². The lowest BCUT2D eigenvalue weighted by Gasteiger charge is -2.31. The molecule has 6 rings (SSSR count). The van der Waals surface area contributed by atoms with Crippen LogP contribution in [0, 0.1) is 0 Å². The molecule has 0 bridgehead atoms. The van der Waals surface area contributed by atoms with E-state index >= 15 is 0 Å². The zero-order valence-electron chi connectivity index (χ0n) is 16.7. The van der Waals surface area contributed by atoms with E-state index in [2.05, 4.69) is 12.1 Å². The van der Waals surface area contributed by atoms with E-state index in [1.54, 1.807) is 12.1 Å². The lowest BCUT2D eigenvalue weighted by Crippen LogP contribution is -2.38. The van der Waals surface area contributed by atoms with Gasteiger partial charge in [-0.2, -0.15) is 0 Å². The van der Waals surface area contributed by atoms with Gasteiger partial charge in [0.15, 0.2) is 5.72 Å². The number of furan rings is 1. The maximum absolute atomic E-state index is 12.7. The summed E-state index contributed by atoms with van der Waals surface area (Å²) in [4.78, 5) is 14.6. The molecule has 0 spiro atoms. The summed E-state index contributed by atoms with van der Waals surface area (Å²) in [6.45, 7) is 0.876. The Bertz CT molecular complexity index is 1300. The molecule has 2 aliphatic heterocycles. The Hall–Kier alpha value is -3.02. The molecule has 0 saturated carbocycles. The maximum Gasteiger partial charge on any atom is 0.225 e. The van der Waals surface area contributed by atoms with Gasteiger partial charge in [0.25, 0.3) is 0 Å². The van der Waals surface area contributed by atoms with Crippen molar-refractivity contribution in [3.8, 4) is 5.75 Å². The number of halogens is 1. The van der Waals surface area contributed by atoms with E-state index in [9.17, 15) is 4.79 Å². The molecule has 2 aliphatic rings. The van der Waals surface area contributed by atoms with E-state index < -0.39 is 5.72 Å². The second-order valence-electron chi connectivity index (χ2n) is 8.10. The number of ether oxygens (including phenoxy) is 2. The second-order valence-corrected chi connectivity index (χ2v) is 8.54. The summed E-state index contributed by atoms with van der Waals surface area (Å²) < 4.78 is 18.4. The van der Waals surface area contributed by atoms with Crippen LogP contribution in [0.4, 0.5) is 0 Å². The monoisotopic (exact) mass is 433 g/mol.